The van der Waals surface area contributed by atoms with Crippen LogP contribution in [0.1, 0.15) is 43.5 Å². The van der Waals surface area contributed by atoms with Crippen LogP contribution in [0.15, 0.2) is 29.2 Å². The SMILES string of the molecule is CCCCN(CC)CCCOC(=O)c1ccc(S(N)(=O)=O)cc1. The van der Waals surface area contributed by atoms with E-state index in [1.54, 1.807) is 0 Å². The summed E-state index contributed by atoms with van der Waals surface area (Å²) >= 11 is 0. The maximum atomic E-state index is 11.9. The third kappa shape index (κ3) is 7.11. The van der Waals surface area contributed by atoms with Crippen molar-refractivity contribution in [3.63, 3.8) is 0 Å². The first-order valence-corrected chi connectivity index (χ1v) is 9.45. The summed E-state index contributed by atoms with van der Waals surface area (Å²) in [6.45, 7) is 7.58. The van der Waals surface area contributed by atoms with Crippen LogP contribution in [0.5, 0.6) is 0 Å². The van der Waals surface area contributed by atoms with Crippen LogP contribution < -0.4 is 5.14 Å². The summed E-state index contributed by atoms with van der Waals surface area (Å²) in [7, 11) is -3.74. The second-order valence-electron chi connectivity index (χ2n) is 5.35. The van der Waals surface area contributed by atoms with E-state index >= 15 is 0 Å². The number of sulfonamides is 1. The lowest BCUT2D eigenvalue weighted by Crippen LogP contribution is -2.26. The van der Waals surface area contributed by atoms with Crippen LogP contribution in [0.25, 0.3) is 0 Å². The quantitative estimate of drug-likeness (QED) is 0.519. The summed E-state index contributed by atoms with van der Waals surface area (Å²) in [4.78, 5) is 14.2. The third-order valence-electron chi connectivity index (χ3n) is 3.55. The molecule has 0 amide bonds. The van der Waals surface area contributed by atoms with Gasteiger partial charge >= 0.3 is 5.97 Å². The Hall–Kier alpha value is -1.44. The maximum Gasteiger partial charge on any atom is 0.338 e. The van der Waals surface area contributed by atoms with E-state index in [0.29, 0.717) is 12.2 Å². The zero-order valence-corrected chi connectivity index (χ0v) is 14.6. The lowest BCUT2D eigenvalue weighted by atomic mass is 10.2. The van der Waals surface area contributed by atoms with Gasteiger partial charge in [0.2, 0.25) is 10.0 Å². The molecule has 0 unspecified atom stereocenters. The maximum absolute atomic E-state index is 11.9. The van der Waals surface area contributed by atoms with Crippen LogP contribution in [0, 0.1) is 0 Å². The Morgan fingerprint density at radius 2 is 1.74 bits per heavy atom. The van der Waals surface area contributed by atoms with Gasteiger partial charge in [0.15, 0.2) is 0 Å². The van der Waals surface area contributed by atoms with Crippen LogP contribution in [0.4, 0.5) is 0 Å². The zero-order valence-electron chi connectivity index (χ0n) is 13.8. The molecule has 2 N–H and O–H groups in total. The number of benzene rings is 1. The molecule has 1 aromatic rings. The van der Waals surface area contributed by atoms with E-state index in [0.717, 1.165) is 26.1 Å². The van der Waals surface area contributed by atoms with Crippen molar-refractivity contribution in [3.05, 3.63) is 29.8 Å². The molecule has 7 heteroatoms. The number of carbonyl (C=O) groups excluding carboxylic acids is 1. The second kappa shape index (κ2) is 9.64. The fraction of sp³-hybridized carbons (Fsp3) is 0.562. The van der Waals surface area contributed by atoms with Gasteiger partial charge in [-0.15, -0.1) is 0 Å². The molecule has 0 saturated carbocycles. The predicted octanol–water partition coefficient (Wildman–Crippen LogP) is 2.00. The lowest BCUT2D eigenvalue weighted by molar-refractivity contribution is 0.0488. The molecule has 0 aliphatic heterocycles. The Bertz CT molecular complexity index is 585. The summed E-state index contributed by atoms with van der Waals surface area (Å²) in [6.07, 6.45) is 3.11. The molecule has 0 spiro atoms. The number of nitrogens with two attached hydrogens (primary N) is 1. The van der Waals surface area contributed by atoms with Crippen LogP contribution in [-0.4, -0.2) is 45.5 Å². The van der Waals surface area contributed by atoms with Gasteiger partial charge < -0.3 is 9.64 Å². The van der Waals surface area contributed by atoms with Crippen LogP contribution in [-0.2, 0) is 14.8 Å². The van der Waals surface area contributed by atoms with E-state index in [1.165, 1.54) is 37.1 Å². The number of rotatable bonds is 10. The number of esters is 1. The summed E-state index contributed by atoms with van der Waals surface area (Å²) < 4.78 is 27.5. The van der Waals surface area contributed by atoms with Gasteiger partial charge in [0.25, 0.3) is 0 Å². The molecule has 23 heavy (non-hydrogen) atoms. The average Bonchev–Trinajstić information content (AvgIpc) is 2.53. The highest BCUT2D eigenvalue weighted by Gasteiger charge is 2.11. The first kappa shape index (κ1) is 19.6. The summed E-state index contributed by atoms with van der Waals surface area (Å²) in [5, 5.41) is 5.01. The molecule has 0 fully saturated rings. The molecule has 0 radical (unpaired) electrons. The van der Waals surface area contributed by atoms with Crippen molar-refractivity contribution in [1.82, 2.24) is 4.90 Å². The lowest BCUT2D eigenvalue weighted by Gasteiger charge is -2.19. The van der Waals surface area contributed by atoms with E-state index in [2.05, 4.69) is 18.7 Å². The molecule has 1 rings (SSSR count). The highest BCUT2D eigenvalue weighted by atomic mass is 32.2. The average molecular weight is 342 g/mol. The Labute approximate surface area is 138 Å². The molecule has 0 atom stereocenters. The first-order chi connectivity index (χ1) is 10.9. The van der Waals surface area contributed by atoms with Crippen LogP contribution in [0.3, 0.4) is 0 Å². The van der Waals surface area contributed by atoms with Gasteiger partial charge in [-0.05, 0) is 50.2 Å². The Kier molecular flexibility index (Phi) is 8.22. The first-order valence-electron chi connectivity index (χ1n) is 7.90. The van der Waals surface area contributed by atoms with Crippen molar-refractivity contribution in [1.29, 1.82) is 0 Å². The van der Waals surface area contributed by atoms with E-state index in [1.807, 2.05) is 0 Å². The van der Waals surface area contributed by atoms with Crippen molar-refractivity contribution < 1.29 is 17.9 Å². The van der Waals surface area contributed by atoms with Crippen molar-refractivity contribution in [2.75, 3.05) is 26.2 Å². The van der Waals surface area contributed by atoms with Gasteiger partial charge in [-0.25, -0.2) is 18.4 Å². The molecule has 0 saturated heterocycles. The monoisotopic (exact) mass is 342 g/mol. The molecule has 1 aromatic carbocycles. The fourth-order valence-electron chi connectivity index (χ4n) is 2.13. The van der Waals surface area contributed by atoms with Gasteiger partial charge in [-0.3, -0.25) is 0 Å². The summed E-state index contributed by atoms with van der Waals surface area (Å²) in [5.74, 6) is -0.456. The minimum Gasteiger partial charge on any atom is -0.462 e. The molecule has 130 valence electrons. The number of carbonyl (C=O) groups is 1. The molecular formula is C16H26N2O4S. The van der Waals surface area contributed by atoms with E-state index < -0.39 is 16.0 Å². The Balaban J connectivity index is 2.39. The normalized spacial score (nSPS) is 11.7. The molecule has 0 aliphatic rings. The smallest absolute Gasteiger partial charge is 0.338 e. The summed E-state index contributed by atoms with van der Waals surface area (Å²) in [6, 6.07) is 5.41. The molecule has 0 heterocycles. The summed E-state index contributed by atoms with van der Waals surface area (Å²) in [5.41, 5.74) is 0.315. The van der Waals surface area contributed by atoms with Crippen LogP contribution >= 0.6 is 0 Å². The topological polar surface area (TPSA) is 89.7 Å². The minimum atomic E-state index is -3.74. The molecule has 0 aromatic heterocycles. The third-order valence-corrected chi connectivity index (χ3v) is 4.47. The number of unbranched alkanes of at least 4 members (excludes halogenated alkanes) is 1. The van der Waals surface area contributed by atoms with Crippen LogP contribution in [0.2, 0.25) is 0 Å². The number of hydrogen-bond acceptors (Lipinski definition) is 5. The van der Waals surface area contributed by atoms with Gasteiger partial charge in [-0.2, -0.15) is 0 Å². The molecule has 0 aliphatic carbocycles. The number of nitrogens with zero attached hydrogens (tertiary/aromatic N) is 1. The predicted molar refractivity (Wildman–Crippen MR) is 89.7 cm³/mol. The van der Waals surface area contributed by atoms with Crippen molar-refractivity contribution in [2.45, 2.75) is 38.0 Å². The number of primary sulfonamides is 1. The highest BCUT2D eigenvalue weighted by Crippen LogP contribution is 2.10. The van der Waals surface area contributed by atoms with Gasteiger partial charge in [-0.1, -0.05) is 20.3 Å². The molecule has 0 bridgehead atoms. The minimum absolute atomic E-state index is 0.0245. The van der Waals surface area contributed by atoms with E-state index in [4.69, 9.17) is 9.88 Å². The highest BCUT2D eigenvalue weighted by molar-refractivity contribution is 7.89. The Morgan fingerprint density at radius 3 is 2.26 bits per heavy atom. The van der Waals surface area contributed by atoms with E-state index in [9.17, 15) is 13.2 Å². The molecule has 6 nitrogen and oxygen atoms in total. The second-order valence-corrected chi connectivity index (χ2v) is 6.91. The standard InChI is InChI=1S/C16H26N2O4S/c1-3-5-11-18(4-2)12-6-13-22-16(19)14-7-9-15(10-8-14)23(17,20)21/h7-10H,3-6,11-13H2,1-2H3,(H2,17,20,21). The fourth-order valence-corrected chi connectivity index (χ4v) is 2.64. The van der Waals surface area contributed by atoms with Gasteiger partial charge in [0.1, 0.15) is 0 Å². The largest absolute Gasteiger partial charge is 0.462 e. The molecular weight excluding hydrogens is 316 g/mol. The zero-order chi connectivity index (χ0) is 17.3. The van der Waals surface area contributed by atoms with Crippen molar-refractivity contribution >= 4 is 16.0 Å². The van der Waals surface area contributed by atoms with Gasteiger partial charge in [0, 0.05) is 6.54 Å². The number of hydrogen-bond donors (Lipinski definition) is 1. The van der Waals surface area contributed by atoms with Crippen molar-refractivity contribution in [2.24, 2.45) is 5.14 Å². The van der Waals surface area contributed by atoms with Gasteiger partial charge in [0.05, 0.1) is 17.1 Å². The van der Waals surface area contributed by atoms with E-state index in [-0.39, 0.29) is 4.90 Å². The Morgan fingerprint density at radius 1 is 1.13 bits per heavy atom. The number of ether oxygens (including phenoxy) is 1. The van der Waals surface area contributed by atoms with Crippen molar-refractivity contribution in [3.8, 4) is 0 Å².